The summed E-state index contributed by atoms with van der Waals surface area (Å²) in [5, 5.41) is 0. The molecule has 1 aliphatic carbocycles. The molecule has 2 aliphatic rings. The Kier molecular flexibility index (Phi) is 5.20. The maximum atomic E-state index is 12.3. The van der Waals surface area contributed by atoms with Crippen LogP contribution in [0.5, 0.6) is 0 Å². The molecule has 1 N–H and O–H groups in total. The molecule has 132 valence electrons. The van der Waals surface area contributed by atoms with Gasteiger partial charge in [0.1, 0.15) is 0 Å². The van der Waals surface area contributed by atoms with Crippen LogP contribution in [0.1, 0.15) is 43.7 Å². The predicted octanol–water partition coefficient (Wildman–Crippen LogP) is 1.71. The van der Waals surface area contributed by atoms with Crippen LogP contribution >= 0.6 is 0 Å². The lowest BCUT2D eigenvalue weighted by molar-refractivity contribution is -0.127. The molecule has 0 spiro atoms. The van der Waals surface area contributed by atoms with Crippen LogP contribution < -0.4 is 4.72 Å². The fraction of sp³-hybridized carbons (Fsp3) is 0.647. The predicted molar refractivity (Wildman–Crippen MR) is 91.6 cm³/mol. The van der Waals surface area contributed by atoms with Gasteiger partial charge in [0.25, 0.3) is 0 Å². The molecule has 1 saturated carbocycles. The molecule has 1 amide bonds. The minimum Gasteiger partial charge on any atom is -0.338 e. The number of nitrogens with one attached hydrogen (secondary N) is 1. The summed E-state index contributed by atoms with van der Waals surface area (Å²) in [6.45, 7) is 0.296. The number of carbonyl (C=O) groups excluding carboxylic acids is 1. The van der Waals surface area contributed by atoms with Gasteiger partial charge in [-0.25, -0.2) is 13.1 Å². The van der Waals surface area contributed by atoms with Gasteiger partial charge in [0.05, 0.1) is 11.8 Å². The van der Waals surface area contributed by atoms with Gasteiger partial charge in [-0.2, -0.15) is 0 Å². The zero-order valence-corrected chi connectivity index (χ0v) is 14.8. The van der Waals surface area contributed by atoms with E-state index >= 15 is 0 Å². The Balaban J connectivity index is 1.65. The molecule has 0 aromatic carbocycles. The molecule has 6 nitrogen and oxygen atoms in total. The molecule has 2 fully saturated rings. The standard InChI is InChI=1S/C17H25N3O3S/c1-20-16(21)9-15(17(20)14-7-4-8-18-10-14)11-19-24(22,23)12-13-5-2-3-6-13/h4,7-8,10,13,15,17,19H,2-3,5-6,9,11-12H2,1H3/t15-,17-/m0/s1. The van der Waals surface area contributed by atoms with Crippen LogP contribution in [0.25, 0.3) is 0 Å². The lowest BCUT2D eigenvalue weighted by atomic mass is 9.95. The number of hydrogen-bond donors (Lipinski definition) is 1. The molecule has 0 radical (unpaired) electrons. The van der Waals surface area contributed by atoms with E-state index in [9.17, 15) is 13.2 Å². The third-order valence-electron chi connectivity index (χ3n) is 5.22. The smallest absolute Gasteiger partial charge is 0.223 e. The number of nitrogens with zero attached hydrogens (tertiary/aromatic N) is 2. The van der Waals surface area contributed by atoms with E-state index in [1.165, 1.54) is 0 Å². The van der Waals surface area contributed by atoms with Crippen molar-refractivity contribution in [1.29, 1.82) is 0 Å². The van der Waals surface area contributed by atoms with Gasteiger partial charge in [0.2, 0.25) is 15.9 Å². The van der Waals surface area contributed by atoms with Gasteiger partial charge in [-0.05, 0) is 30.4 Å². The van der Waals surface area contributed by atoms with E-state index in [0.29, 0.717) is 13.0 Å². The fourth-order valence-electron chi connectivity index (χ4n) is 3.96. The summed E-state index contributed by atoms with van der Waals surface area (Å²) >= 11 is 0. The first-order chi connectivity index (χ1) is 11.5. The summed E-state index contributed by atoms with van der Waals surface area (Å²) in [4.78, 5) is 17.9. The molecule has 24 heavy (non-hydrogen) atoms. The molecule has 2 atom stereocenters. The van der Waals surface area contributed by atoms with Gasteiger partial charge >= 0.3 is 0 Å². The number of sulfonamides is 1. The maximum Gasteiger partial charge on any atom is 0.223 e. The van der Waals surface area contributed by atoms with Crippen LogP contribution in [0.3, 0.4) is 0 Å². The van der Waals surface area contributed by atoms with Crippen LogP contribution in [0, 0.1) is 11.8 Å². The maximum absolute atomic E-state index is 12.3. The Hall–Kier alpha value is -1.47. The monoisotopic (exact) mass is 351 g/mol. The van der Waals surface area contributed by atoms with Crippen molar-refractivity contribution in [1.82, 2.24) is 14.6 Å². The average molecular weight is 351 g/mol. The van der Waals surface area contributed by atoms with Crippen LogP contribution in [-0.4, -0.2) is 43.6 Å². The lowest BCUT2D eigenvalue weighted by Crippen LogP contribution is -2.35. The molecule has 3 rings (SSSR count). The Labute approximate surface area is 143 Å². The highest BCUT2D eigenvalue weighted by molar-refractivity contribution is 7.89. The van der Waals surface area contributed by atoms with Crippen LogP contribution in [0.2, 0.25) is 0 Å². The van der Waals surface area contributed by atoms with Crippen LogP contribution in [-0.2, 0) is 14.8 Å². The molecule has 1 aromatic rings. The number of pyridine rings is 1. The van der Waals surface area contributed by atoms with Crippen molar-refractivity contribution in [3.63, 3.8) is 0 Å². The first kappa shape index (κ1) is 17.4. The van der Waals surface area contributed by atoms with Crippen LogP contribution in [0.4, 0.5) is 0 Å². The highest BCUT2D eigenvalue weighted by atomic mass is 32.2. The molecular weight excluding hydrogens is 326 g/mol. The summed E-state index contributed by atoms with van der Waals surface area (Å²) in [6, 6.07) is 3.65. The van der Waals surface area contributed by atoms with E-state index in [2.05, 4.69) is 9.71 Å². The summed E-state index contributed by atoms with van der Waals surface area (Å²) in [5.74, 6) is 0.472. The topological polar surface area (TPSA) is 79.4 Å². The largest absolute Gasteiger partial charge is 0.338 e. The van der Waals surface area contributed by atoms with Crippen LogP contribution in [0.15, 0.2) is 24.5 Å². The molecule has 1 aromatic heterocycles. The summed E-state index contributed by atoms with van der Waals surface area (Å²) < 4.78 is 27.4. The van der Waals surface area contributed by atoms with E-state index in [1.54, 1.807) is 24.3 Å². The summed E-state index contributed by atoms with van der Waals surface area (Å²) in [6.07, 6.45) is 8.07. The number of likely N-dealkylation sites (tertiary alicyclic amines) is 1. The second-order valence-electron chi connectivity index (χ2n) is 6.98. The lowest BCUT2D eigenvalue weighted by Gasteiger charge is -2.25. The first-order valence-electron chi connectivity index (χ1n) is 8.59. The SMILES string of the molecule is CN1C(=O)C[C@@H](CNS(=O)(=O)CC2CCCC2)[C@@H]1c1cccnc1. The van der Waals surface area contributed by atoms with Crippen molar-refractivity contribution >= 4 is 15.9 Å². The van der Waals surface area contributed by atoms with Crippen molar-refractivity contribution in [3.05, 3.63) is 30.1 Å². The van der Waals surface area contributed by atoms with Crippen molar-refractivity contribution < 1.29 is 13.2 Å². The van der Waals surface area contributed by atoms with E-state index < -0.39 is 10.0 Å². The number of hydrogen-bond acceptors (Lipinski definition) is 4. The highest BCUT2D eigenvalue weighted by Crippen LogP contribution is 2.36. The number of carbonyl (C=O) groups is 1. The van der Waals surface area contributed by atoms with Gasteiger partial charge in [-0.1, -0.05) is 18.9 Å². The van der Waals surface area contributed by atoms with Crippen molar-refractivity contribution in [2.24, 2.45) is 11.8 Å². The van der Waals surface area contributed by atoms with E-state index in [-0.39, 0.29) is 29.5 Å². The van der Waals surface area contributed by atoms with Gasteiger partial charge in [-0.15, -0.1) is 0 Å². The van der Waals surface area contributed by atoms with Crippen molar-refractivity contribution in [2.45, 2.75) is 38.1 Å². The third kappa shape index (κ3) is 3.95. The molecule has 0 bridgehead atoms. The number of aromatic nitrogens is 1. The molecule has 0 unspecified atom stereocenters. The summed E-state index contributed by atoms with van der Waals surface area (Å²) in [5.41, 5.74) is 0.950. The zero-order valence-electron chi connectivity index (χ0n) is 14.0. The van der Waals surface area contributed by atoms with Gasteiger partial charge in [0, 0.05) is 38.3 Å². The average Bonchev–Trinajstić information content (AvgIpc) is 3.15. The van der Waals surface area contributed by atoms with E-state index in [1.807, 2.05) is 12.1 Å². The minimum absolute atomic E-state index is 0.0452. The van der Waals surface area contributed by atoms with E-state index in [4.69, 9.17) is 0 Å². The van der Waals surface area contributed by atoms with Crippen molar-refractivity contribution in [2.75, 3.05) is 19.3 Å². The van der Waals surface area contributed by atoms with E-state index in [0.717, 1.165) is 31.2 Å². The summed E-state index contributed by atoms with van der Waals surface area (Å²) in [7, 11) is -1.52. The fourth-order valence-corrected chi connectivity index (χ4v) is 5.50. The first-order valence-corrected chi connectivity index (χ1v) is 10.2. The molecule has 2 heterocycles. The Morgan fingerprint density at radius 2 is 2.08 bits per heavy atom. The second-order valence-corrected chi connectivity index (χ2v) is 8.83. The minimum atomic E-state index is -3.29. The van der Waals surface area contributed by atoms with Gasteiger partial charge in [0.15, 0.2) is 0 Å². The highest BCUT2D eigenvalue weighted by Gasteiger charge is 2.39. The molecule has 7 heteroatoms. The number of amides is 1. The Morgan fingerprint density at radius 3 is 2.75 bits per heavy atom. The molecular formula is C17H25N3O3S. The number of rotatable bonds is 6. The van der Waals surface area contributed by atoms with Gasteiger partial charge < -0.3 is 4.90 Å². The quantitative estimate of drug-likeness (QED) is 0.846. The normalized spacial score (nSPS) is 25.5. The van der Waals surface area contributed by atoms with Crippen molar-refractivity contribution in [3.8, 4) is 0 Å². The molecule has 1 saturated heterocycles. The third-order valence-corrected chi connectivity index (χ3v) is 6.73. The van der Waals surface area contributed by atoms with Gasteiger partial charge in [-0.3, -0.25) is 9.78 Å². The Morgan fingerprint density at radius 1 is 1.33 bits per heavy atom. The Bertz CT molecular complexity index is 672. The molecule has 1 aliphatic heterocycles. The second kappa shape index (κ2) is 7.19. The zero-order chi connectivity index (χ0) is 17.2.